The highest BCUT2D eigenvalue weighted by atomic mass is 16.2. The topological polar surface area (TPSA) is 60.2 Å². The Morgan fingerprint density at radius 3 is 2.30 bits per heavy atom. The zero-order valence-corrected chi connectivity index (χ0v) is 6.39. The van der Waals surface area contributed by atoms with Gasteiger partial charge in [-0.1, -0.05) is 20.3 Å². The highest BCUT2D eigenvalue weighted by molar-refractivity contribution is 6.36. The molecule has 3 heteroatoms. The molecule has 0 heterocycles. The Morgan fingerprint density at radius 2 is 2.00 bits per heavy atom. The van der Waals surface area contributed by atoms with Gasteiger partial charge in [0.2, 0.25) is 5.78 Å². The van der Waals surface area contributed by atoms with Crippen LogP contribution in [0.1, 0.15) is 26.7 Å². The van der Waals surface area contributed by atoms with E-state index in [2.05, 4.69) is 0 Å². The van der Waals surface area contributed by atoms with Crippen molar-refractivity contribution < 1.29 is 9.59 Å². The van der Waals surface area contributed by atoms with Crippen LogP contribution in [-0.4, -0.2) is 11.7 Å². The molecule has 10 heavy (non-hydrogen) atoms. The first kappa shape index (κ1) is 9.14. The minimum absolute atomic E-state index is 0.206. The Bertz CT molecular complexity index is 143. The van der Waals surface area contributed by atoms with Crippen LogP contribution in [0.25, 0.3) is 0 Å². The Balaban J connectivity index is 3.82. The molecule has 0 aromatic heterocycles. The first-order valence-corrected chi connectivity index (χ1v) is 3.43. The molecule has 0 aliphatic heterocycles. The van der Waals surface area contributed by atoms with E-state index in [9.17, 15) is 9.59 Å². The maximum atomic E-state index is 10.8. The van der Waals surface area contributed by atoms with E-state index in [4.69, 9.17) is 5.73 Å². The van der Waals surface area contributed by atoms with Crippen molar-refractivity contribution in [3.8, 4) is 0 Å². The van der Waals surface area contributed by atoms with Crippen LogP contribution in [0.3, 0.4) is 0 Å². The average Bonchev–Trinajstić information content (AvgIpc) is 1.87. The van der Waals surface area contributed by atoms with Crippen LogP contribution in [0.5, 0.6) is 0 Å². The van der Waals surface area contributed by atoms with Gasteiger partial charge in [-0.15, -0.1) is 0 Å². The maximum Gasteiger partial charge on any atom is 0.285 e. The molecule has 0 radical (unpaired) electrons. The van der Waals surface area contributed by atoms with Gasteiger partial charge in [0.1, 0.15) is 0 Å². The van der Waals surface area contributed by atoms with E-state index in [1.165, 1.54) is 0 Å². The molecule has 2 N–H and O–H groups in total. The molecule has 0 aliphatic rings. The van der Waals surface area contributed by atoms with Crippen LogP contribution < -0.4 is 5.73 Å². The second-order valence-corrected chi connectivity index (χ2v) is 2.42. The number of carbonyl (C=O) groups is 2. The standard InChI is InChI=1S/C7H13NO2/c1-3-4-5(2)6(9)7(8)10/h5H,3-4H2,1-2H3,(H2,8,10)/t5-/m0/s1. The zero-order valence-electron chi connectivity index (χ0n) is 6.39. The quantitative estimate of drug-likeness (QED) is 0.582. The molecule has 0 unspecified atom stereocenters. The van der Waals surface area contributed by atoms with E-state index in [-0.39, 0.29) is 5.92 Å². The normalized spacial score (nSPS) is 12.6. The van der Waals surface area contributed by atoms with Crippen LogP contribution in [0, 0.1) is 5.92 Å². The number of rotatable bonds is 4. The number of amides is 1. The molecular formula is C7H13NO2. The fourth-order valence-electron chi connectivity index (χ4n) is 0.807. The van der Waals surface area contributed by atoms with E-state index < -0.39 is 11.7 Å². The lowest BCUT2D eigenvalue weighted by Gasteiger charge is -2.03. The summed E-state index contributed by atoms with van der Waals surface area (Å²) in [4.78, 5) is 21.0. The summed E-state index contributed by atoms with van der Waals surface area (Å²) in [6.07, 6.45) is 1.64. The number of primary amides is 1. The highest BCUT2D eigenvalue weighted by Crippen LogP contribution is 2.05. The van der Waals surface area contributed by atoms with Gasteiger partial charge in [0.15, 0.2) is 0 Å². The second kappa shape index (κ2) is 4.04. The van der Waals surface area contributed by atoms with E-state index in [1.54, 1.807) is 6.92 Å². The Hall–Kier alpha value is -0.860. The minimum Gasteiger partial charge on any atom is -0.363 e. The van der Waals surface area contributed by atoms with Gasteiger partial charge in [0.05, 0.1) is 0 Å². The molecule has 0 fully saturated rings. The summed E-state index contributed by atoms with van der Waals surface area (Å²) < 4.78 is 0. The number of ketones is 1. The van der Waals surface area contributed by atoms with Gasteiger partial charge in [-0.25, -0.2) is 0 Å². The van der Waals surface area contributed by atoms with Gasteiger partial charge in [0.25, 0.3) is 5.91 Å². The van der Waals surface area contributed by atoms with Crippen molar-refractivity contribution in [3.63, 3.8) is 0 Å². The third-order valence-electron chi connectivity index (χ3n) is 1.41. The fourth-order valence-corrected chi connectivity index (χ4v) is 0.807. The van der Waals surface area contributed by atoms with Crippen molar-refractivity contribution in [2.45, 2.75) is 26.7 Å². The van der Waals surface area contributed by atoms with E-state index in [0.29, 0.717) is 0 Å². The number of carbonyl (C=O) groups excluding carboxylic acids is 2. The first-order valence-electron chi connectivity index (χ1n) is 3.43. The van der Waals surface area contributed by atoms with Crippen LogP contribution in [0.2, 0.25) is 0 Å². The molecule has 3 nitrogen and oxygen atoms in total. The SMILES string of the molecule is CCC[C@H](C)C(=O)C(N)=O. The largest absolute Gasteiger partial charge is 0.363 e. The van der Waals surface area contributed by atoms with Crippen LogP contribution in [-0.2, 0) is 9.59 Å². The molecule has 1 atom stereocenters. The van der Waals surface area contributed by atoms with E-state index in [1.807, 2.05) is 6.92 Å². The maximum absolute atomic E-state index is 10.8. The number of hydrogen-bond donors (Lipinski definition) is 1. The van der Waals surface area contributed by atoms with Gasteiger partial charge < -0.3 is 5.73 Å². The number of Topliss-reactive ketones (excluding diaryl/α,β-unsaturated/α-hetero) is 1. The lowest BCUT2D eigenvalue weighted by Crippen LogP contribution is -2.28. The third kappa shape index (κ3) is 2.62. The summed E-state index contributed by atoms with van der Waals surface area (Å²) in [7, 11) is 0. The Labute approximate surface area is 60.6 Å². The van der Waals surface area contributed by atoms with E-state index in [0.717, 1.165) is 12.8 Å². The van der Waals surface area contributed by atoms with Gasteiger partial charge in [-0.2, -0.15) is 0 Å². The Kier molecular flexibility index (Phi) is 3.69. The summed E-state index contributed by atoms with van der Waals surface area (Å²) >= 11 is 0. The Morgan fingerprint density at radius 1 is 1.50 bits per heavy atom. The molecule has 0 aromatic rings. The monoisotopic (exact) mass is 143 g/mol. The molecule has 1 amide bonds. The molecule has 0 rings (SSSR count). The lowest BCUT2D eigenvalue weighted by atomic mass is 10.0. The predicted molar refractivity (Wildman–Crippen MR) is 38.3 cm³/mol. The van der Waals surface area contributed by atoms with E-state index >= 15 is 0 Å². The fraction of sp³-hybridized carbons (Fsp3) is 0.714. The van der Waals surface area contributed by atoms with Crippen molar-refractivity contribution in [1.82, 2.24) is 0 Å². The molecule has 0 saturated carbocycles. The molecule has 0 spiro atoms. The predicted octanol–water partition coefficient (Wildman–Crippen LogP) is 0.477. The van der Waals surface area contributed by atoms with Crippen molar-refractivity contribution in [2.75, 3.05) is 0 Å². The molecule has 0 bridgehead atoms. The molecule has 0 aliphatic carbocycles. The van der Waals surface area contributed by atoms with Crippen LogP contribution in [0.4, 0.5) is 0 Å². The minimum atomic E-state index is -0.819. The average molecular weight is 143 g/mol. The van der Waals surface area contributed by atoms with Gasteiger partial charge in [-0.3, -0.25) is 9.59 Å². The van der Waals surface area contributed by atoms with Crippen LogP contribution in [0.15, 0.2) is 0 Å². The summed E-state index contributed by atoms with van der Waals surface area (Å²) in [5.41, 5.74) is 4.78. The van der Waals surface area contributed by atoms with Gasteiger partial charge >= 0.3 is 0 Å². The molecular weight excluding hydrogens is 130 g/mol. The molecule has 0 aromatic carbocycles. The smallest absolute Gasteiger partial charge is 0.285 e. The van der Waals surface area contributed by atoms with Gasteiger partial charge in [0, 0.05) is 5.92 Å². The second-order valence-electron chi connectivity index (χ2n) is 2.42. The van der Waals surface area contributed by atoms with Crippen molar-refractivity contribution >= 4 is 11.7 Å². The summed E-state index contributed by atoms with van der Waals surface area (Å²) in [5, 5.41) is 0. The molecule has 58 valence electrons. The van der Waals surface area contributed by atoms with Crippen molar-refractivity contribution in [2.24, 2.45) is 11.7 Å². The summed E-state index contributed by atoms with van der Waals surface area (Å²) in [5.74, 6) is -1.48. The molecule has 0 saturated heterocycles. The highest BCUT2D eigenvalue weighted by Gasteiger charge is 2.16. The first-order chi connectivity index (χ1) is 4.59. The summed E-state index contributed by atoms with van der Waals surface area (Å²) in [6.45, 7) is 3.68. The zero-order chi connectivity index (χ0) is 8.15. The van der Waals surface area contributed by atoms with Crippen molar-refractivity contribution in [1.29, 1.82) is 0 Å². The number of nitrogens with two attached hydrogens (primary N) is 1. The van der Waals surface area contributed by atoms with Gasteiger partial charge in [-0.05, 0) is 6.42 Å². The summed E-state index contributed by atoms with van der Waals surface area (Å²) in [6, 6.07) is 0. The van der Waals surface area contributed by atoms with Crippen molar-refractivity contribution in [3.05, 3.63) is 0 Å². The third-order valence-corrected chi connectivity index (χ3v) is 1.41. The van der Waals surface area contributed by atoms with Crippen LogP contribution >= 0.6 is 0 Å². The number of hydrogen-bond acceptors (Lipinski definition) is 2. The lowest BCUT2D eigenvalue weighted by molar-refractivity contribution is -0.138.